The summed E-state index contributed by atoms with van der Waals surface area (Å²) in [5.41, 5.74) is 2.28. The van der Waals surface area contributed by atoms with E-state index in [-0.39, 0.29) is 0 Å². The molecule has 0 aliphatic carbocycles. The summed E-state index contributed by atoms with van der Waals surface area (Å²) in [4.78, 5) is 4.56. The molecule has 1 aromatic heterocycles. The van der Waals surface area contributed by atoms with Crippen LogP contribution < -0.4 is 10.6 Å². The van der Waals surface area contributed by atoms with Gasteiger partial charge in [0.2, 0.25) is 0 Å². The summed E-state index contributed by atoms with van der Waals surface area (Å²) < 4.78 is 5.27. The minimum Gasteiger partial charge on any atom is -0.359 e. The molecule has 0 aliphatic rings. The number of nitrogens with one attached hydrogen (secondary N) is 2. The highest BCUT2D eigenvalue weighted by Crippen LogP contribution is 2.13. The van der Waals surface area contributed by atoms with Gasteiger partial charge in [-0.25, -0.2) is 4.99 Å². The van der Waals surface area contributed by atoms with Crippen molar-refractivity contribution in [1.82, 2.24) is 15.8 Å². The maximum atomic E-state index is 5.27. The topological polar surface area (TPSA) is 62.5 Å². The molecule has 0 radical (unpaired) electrons. The number of aliphatic imine (C=N–C) groups is 1. The van der Waals surface area contributed by atoms with Crippen LogP contribution in [-0.4, -0.2) is 24.2 Å². The lowest BCUT2D eigenvalue weighted by atomic mass is 10.0. The number of aromatic nitrogens is 1. The van der Waals surface area contributed by atoms with Crippen LogP contribution in [0.2, 0.25) is 0 Å². The van der Waals surface area contributed by atoms with Crippen molar-refractivity contribution >= 4 is 5.96 Å². The maximum absolute atomic E-state index is 5.27. The molecule has 5 heteroatoms. The molecule has 1 atom stereocenters. The number of nitrogens with zero attached hydrogens (tertiary/aromatic N) is 2. The minimum absolute atomic E-state index is 0.414. The van der Waals surface area contributed by atoms with Gasteiger partial charge < -0.3 is 15.2 Å². The van der Waals surface area contributed by atoms with E-state index in [2.05, 4.69) is 65.8 Å². The first-order valence-corrected chi connectivity index (χ1v) is 8.24. The fourth-order valence-electron chi connectivity index (χ4n) is 2.24. The van der Waals surface area contributed by atoms with Crippen molar-refractivity contribution in [2.45, 2.75) is 39.7 Å². The summed E-state index contributed by atoms with van der Waals surface area (Å²) >= 11 is 0. The van der Waals surface area contributed by atoms with E-state index in [0.717, 1.165) is 36.9 Å². The number of aryl methyl sites for hydroxylation is 1. The summed E-state index contributed by atoms with van der Waals surface area (Å²) in [6.07, 6.45) is 0.875. The molecule has 5 nitrogen and oxygen atoms in total. The fraction of sp³-hybridized carbons (Fsp3) is 0.444. The average Bonchev–Trinajstić information content (AvgIpc) is 3.06. The molecule has 0 spiro atoms. The van der Waals surface area contributed by atoms with Gasteiger partial charge in [0.05, 0.1) is 5.69 Å². The second kappa shape index (κ2) is 8.98. The van der Waals surface area contributed by atoms with Gasteiger partial charge in [-0.15, -0.1) is 0 Å². The third-order valence-electron chi connectivity index (χ3n) is 3.65. The molecule has 23 heavy (non-hydrogen) atoms. The van der Waals surface area contributed by atoms with E-state index in [9.17, 15) is 0 Å². The number of guanidine groups is 1. The van der Waals surface area contributed by atoms with Gasteiger partial charge >= 0.3 is 0 Å². The van der Waals surface area contributed by atoms with Crippen molar-refractivity contribution < 1.29 is 4.52 Å². The number of hydrogen-bond donors (Lipinski definition) is 2. The monoisotopic (exact) mass is 314 g/mol. The quantitative estimate of drug-likeness (QED) is 0.609. The molecule has 0 saturated carbocycles. The fourth-order valence-corrected chi connectivity index (χ4v) is 2.24. The summed E-state index contributed by atoms with van der Waals surface area (Å²) in [6, 6.07) is 12.4. The normalized spacial score (nSPS) is 12.9. The molecule has 0 saturated heterocycles. The molecule has 0 amide bonds. The van der Waals surface area contributed by atoms with Gasteiger partial charge in [-0.2, -0.15) is 0 Å². The zero-order valence-corrected chi connectivity index (χ0v) is 14.2. The van der Waals surface area contributed by atoms with Crippen LogP contribution in [0.15, 0.2) is 45.9 Å². The molecule has 1 unspecified atom stereocenters. The molecule has 1 aromatic carbocycles. The molecule has 124 valence electrons. The first kappa shape index (κ1) is 17.1. The van der Waals surface area contributed by atoms with Crippen molar-refractivity contribution in [1.29, 1.82) is 0 Å². The van der Waals surface area contributed by atoms with Crippen LogP contribution in [0, 0.1) is 0 Å². The Hall–Kier alpha value is -2.30. The second-order valence-electron chi connectivity index (χ2n) is 5.53. The van der Waals surface area contributed by atoms with Gasteiger partial charge in [0.15, 0.2) is 11.7 Å². The minimum atomic E-state index is 0.414. The van der Waals surface area contributed by atoms with Crippen molar-refractivity contribution in [3.05, 3.63) is 53.4 Å². The highest BCUT2D eigenvalue weighted by molar-refractivity contribution is 5.79. The zero-order chi connectivity index (χ0) is 16.5. The van der Waals surface area contributed by atoms with Gasteiger partial charge in [0.25, 0.3) is 0 Å². The summed E-state index contributed by atoms with van der Waals surface area (Å²) in [7, 11) is 0. The largest absolute Gasteiger partial charge is 0.359 e. The Labute approximate surface area is 138 Å². The van der Waals surface area contributed by atoms with E-state index in [1.807, 2.05) is 12.1 Å². The number of hydrogen-bond acceptors (Lipinski definition) is 3. The predicted octanol–water partition coefficient (Wildman–Crippen LogP) is 3.10. The highest BCUT2D eigenvalue weighted by atomic mass is 16.5. The molecular formula is C18H26N4O. The van der Waals surface area contributed by atoms with E-state index in [0.29, 0.717) is 12.5 Å². The summed E-state index contributed by atoms with van der Waals surface area (Å²) in [6.45, 7) is 8.45. The standard InChI is InChI=1S/C18H26N4O/c1-4-16-11-17(23-22-16)13-21-18(19-5-2)20-12-14(3)15-9-7-6-8-10-15/h6-11,14H,4-5,12-13H2,1-3H3,(H2,19,20,21). The third kappa shape index (κ3) is 5.43. The number of benzene rings is 1. The van der Waals surface area contributed by atoms with E-state index in [4.69, 9.17) is 4.52 Å². The van der Waals surface area contributed by atoms with Crippen LogP contribution in [0.25, 0.3) is 0 Å². The van der Waals surface area contributed by atoms with Crippen LogP contribution in [-0.2, 0) is 13.0 Å². The third-order valence-corrected chi connectivity index (χ3v) is 3.65. The molecule has 0 fully saturated rings. The molecule has 0 aliphatic heterocycles. The number of rotatable bonds is 7. The van der Waals surface area contributed by atoms with Crippen LogP contribution in [0.1, 0.15) is 43.7 Å². The van der Waals surface area contributed by atoms with Gasteiger partial charge in [-0.1, -0.05) is 49.3 Å². The van der Waals surface area contributed by atoms with Gasteiger partial charge in [-0.05, 0) is 24.8 Å². The Balaban J connectivity index is 1.91. The van der Waals surface area contributed by atoms with Crippen molar-refractivity contribution in [3.63, 3.8) is 0 Å². The first-order chi connectivity index (χ1) is 11.2. The lowest BCUT2D eigenvalue weighted by Crippen LogP contribution is -2.39. The van der Waals surface area contributed by atoms with Crippen LogP contribution in [0.4, 0.5) is 0 Å². The van der Waals surface area contributed by atoms with Gasteiger partial charge in [0.1, 0.15) is 6.54 Å². The van der Waals surface area contributed by atoms with E-state index >= 15 is 0 Å². The van der Waals surface area contributed by atoms with E-state index < -0.39 is 0 Å². The van der Waals surface area contributed by atoms with Crippen LogP contribution in [0.3, 0.4) is 0 Å². The smallest absolute Gasteiger partial charge is 0.191 e. The average molecular weight is 314 g/mol. The Kier molecular flexibility index (Phi) is 6.66. The molecule has 2 rings (SSSR count). The Bertz CT molecular complexity index is 606. The molecular weight excluding hydrogens is 288 g/mol. The van der Waals surface area contributed by atoms with Crippen molar-refractivity contribution in [2.24, 2.45) is 4.99 Å². The lowest BCUT2D eigenvalue weighted by molar-refractivity contribution is 0.379. The van der Waals surface area contributed by atoms with E-state index in [1.54, 1.807) is 0 Å². The maximum Gasteiger partial charge on any atom is 0.191 e. The Morgan fingerprint density at radius 3 is 2.65 bits per heavy atom. The molecule has 2 N–H and O–H groups in total. The van der Waals surface area contributed by atoms with Gasteiger partial charge in [-0.3, -0.25) is 0 Å². The first-order valence-electron chi connectivity index (χ1n) is 8.24. The van der Waals surface area contributed by atoms with Crippen molar-refractivity contribution in [3.8, 4) is 0 Å². The van der Waals surface area contributed by atoms with Crippen LogP contribution >= 0.6 is 0 Å². The van der Waals surface area contributed by atoms with E-state index in [1.165, 1.54) is 5.56 Å². The summed E-state index contributed by atoms with van der Waals surface area (Å²) in [5.74, 6) is 2.00. The lowest BCUT2D eigenvalue weighted by Gasteiger charge is -2.16. The van der Waals surface area contributed by atoms with Crippen LogP contribution in [0.5, 0.6) is 0 Å². The Morgan fingerprint density at radius 2 is 2.00 bits per heavy atom. The highest BCUT2D eigenvalue weighted by Gasteiger charge is 2.07. The zero-order valence-electron chi connectivity index (χ0n) is 14.2. The SMILES string of the molecule is CCNC(=NCc1cc(CC)no1)NCC(C)c1ccccc1. The second-order valence-corrected chi connectivity index (χ2v) is 5.53. The summed E-state index contributed by atoms with van der Waals surface area (Å²) in [5, 5.41) is 10.6. The predicted molar refractivity (Wildman–Crippen MR) is 93.6 cm³/mol. The van der Waals surface area contributed by atoms with Gasteiger partial charge in [0, 0.05) is 19.2 Å². The molecule has 0 bridgehead atoms. The van der Waals surface area contributed by atoms with Crippen molar-refractivity contribution in [2.75, 3.05) is 13.1 Å². The molecule has 1 heterocycles. The Morgan fingerprint density at radius 1 is 1.22 bits per heavy atom. The molecule has 2 aromatic rings.